The highest BCUT2D eigenvalue weighted by molar-refractivity contribution is 7.54. The van der Waals surface area contributed by atoms with Crippen LogP contribution in [-0.4, -0.2) is 33.2 Å². The molecule has 86 valence electrons. The Labute approximate surface area is 94.3 Å². The second-order valence-electron chi connectivity index (χ2n) is 3.26. The summed E-state index contributed by atoms with van der Waals surface area (Å²) in [6.07, 6.45) is 0. The van der Waals surface area contributed by atoms with E-state index in [4.69, 9.17) is 9.05 Å². The van der Waals surface area contributed by atoms with Crippen molar-refractivity contribution in [3.8, 4) is 0 Å². The minimum atomic E-state index is -3.10. The van der Waals surface area contributed by atoms with Crippen LogP contribution in [0.15, 0.2) is 17.5 Å². The lowest BCUT2D eigenvalue weighted by Crippen LogP contribution is -2.20. The molecule has 0 bridgehead atoms. The molecule has 1 heterocycles. The van der Waals surface area contributed by atoms with Crippen LogP contribution < -0.4 is 0 Å². The Balaban J connectivity index is 3.08. The summed E-state index contributed by atoms with van der Waals surface area (Å²) in [6.45, 7) is 0. The van der Waals surface area contributed by atoms with Gasteiger partial charge in [-0.15, -0.1) is 11.3 Å². The third-order valence-corrected chi connectivity index (χ3v) is 5.55. The highest BCUT2D eigenvalue weighted by Gasteiger charge is 2.37. The van der Waals surface area contributed by atoms with Crippen LogP contribution in [0.1, 0.15) is 10.7 Å². The van der Waals surface area contributed by atoms with E-state index in [1.54, 1.807) is 11.3 Å². The molecule has 0 aromatic carbocycles. The molecule has 1 atom stereocenters. The Bertz CT molecular complexity index is 331. The standard InChI is InChI=1S/C9H16NO3PS/c1-10(2)9(8-6-5-7-15-8)14(11,12-3)13-4/h5-7,9H,1-4H3. The van der Waals surface area contributed by atoms with Crippen LogP contribution in [-0.2, 0) is 13.6 Å². The number of rotatable bonds is 5. The first-order valence-electron chi connectivity index (χ1n) is 4.46. The van der Waals surface area contributed by atoms with Gasteiger partial charge in [-0.1, -0.05) is 6.07 Å². The average molecular weight is 249 g/mol. The smallest absolute Gasteiger partial charge is 0.311 e. The topological polar surface area (TPSA) is 38.8 Å². The normalized spacial score (nSPS) is 14.5. The molecule has 0 spiro atoms. The first kappa shape index (κ1) is 12.9. The summed E-state index contributed by atoms with van der Waals surface area (Å²) in [7, 11) is 3.43. The van der Waals surface area contributed by atoms with E-state index >= 15 is 0 Å². The van der Waals surface area contributed by atoms with Crippen molar-refractivity contribution in [2.45, 2.75) is 5.78 Å². The molecule has 0 N–H and O–H groups in total. The van der Waals surface area contributed by atoms with E-state index in [0.717, 1.165) is 4.88 Å². The summed E-state index contributed by atoms with van der Waals surface area (Å²) in [5.41, 5.74) is 0. The van der Waals surface area contributed by atoms with Crippen LogP contribution >= 0.6 is 18.9 Å². The number of hydrogen-bond acceptors (Lipinski definition) is 5. The predicted octanol–water partition coefficient (Wildman–Crippen LogP) is 2.79. The van der Waals surface area contributed by atoms with Gasteiger partial charge in [-0.25, -0.2) is 0 Å². The third kappa shape index (κ3) is 2.68. The zero-order chi connectivity index (χ0) is 11.5. The molecule has 0 aliphatic heterocycles. The maximum atomic E-state index is 12.3. The van der Waals surface area contributed by atoms with E-state index in [1.807, 2.05) is 36.5 Å². The van der Waals surface area contributed by atoms with Crippen molar-refractivity contribution >= 4 is 18.9 Å². The molecule has 4 nitrogen and oxygen atoms in total. The fourth-order valence-electron chi connectivity index (χ4n) is 1.41. The molecular formula is C9H16NO3PS. The van der Waals surface area contributed by atoms with Gasteiger partial charge in [0.1, 0.15) is 5.78 Å². The summed E-state index contributed by atoms with van der Waals surface area (Å²) >= 11 is 1.54. The van der Waals surface area contributed by atoms with E-state index in [-0.39, 0.29) is 5.78 Å². The van der Waals surface area contributed by atoms with Gasteiger partial charge in [-0.05, 0) is 25.5 Å². The van der Waals surface area contributed by atoms with Crippen molar-refractivity contribution in [3.05, 3.63) is 22.4 Å². The highest BCUT2D eigenvalue weighted by atomic mass is 32.1. The molecule has 6 heteroatoms. The Morgan fingerprint density at radius 1 is 1.40 bits per heavy atom. The van der Waals surface area contributed by atoms with Gasteiger partial charge in [0.2, 0.25) is 0 Å². The van der Waals surface area contributed by atoms with Crippen LogP contribution in [0.2, 0.25) is 0 Å². The van der Waals surface area contributed by atoms with Gasteiger partial charge in [0, 0.05) is 19.1 Å². The van der Waals surface area contributed by atoms with Gasteiger partial charge in [-0.2, -0.15) is 0 Å². The first-order valence-corrected chi connectivity index (χ1v) is 6.95. The van der Waals surface area contributed by atoms with Crippen molar-refractivity contribution in [2.75, 3.05) is 28.3 Å². The Hall–Kier alpha value is -0.190. The fourth-order valence-corrected chi connectivity index (χ4v) is 4.29. The quantitative estimate of drug-likeness (QED) is 0.752. The molecule has 15 heavy (non-hydrogen) atoms. The maximum Gasteiger partial charge on any atom is 0.352 e. The molecule has 0 aliphatic carbocycles. The van der Waals surface area contributed by atoms with Crippen LogP contribution in [0.25, 0.3) is 0 Å². The van der Waals surface area contributed by atoms with E-state index < -0.39 is 7.60 Å². The van der Waals surface area contributed by atoms with Crippen LogP contribution in [0.3, 0.4) is 0 Å². The Kier molecular flexibility index (Phi) is 4.49. The molecule has 1 rings (SSSR count). The molecule has 0 saturated heterocycles. The van der Waals surface area contributed by atoms with Gasteiger partial charge in [0.25, 0.3) is 0 Å². The number of hydrogen-bond donors (Lipinski definition) is 0. The molecule has 0 fully saturated rings. The zero-order valence-corrected chi connectivity index (χ0v) is 11.0. The molecule has 0 amide bonds. The minimum Gasteiger partial charge on any atom is -0.311 e. The third-order valence-electron chi connectivity index (χ3n) is 2.10. The first-order chi connectivity index (χ1) is 7.05. The number of thiophene rings is 1. The van der Waals surface area contributed by atoms with Gasteiger partial charge < -0.3 is 9.05 Å². The lowest BCUT2D eigenvalue weighted by molar-refractivity contribution is 0.229. The maximum absolute atomic E-state index is 12.3. The van der Waals surface area contributed by atoms with Gasteiger partial charge in [0.15, 0.2) is 0 Å². The Morgan fingerprint density at radius 3 is 2.33 bits per heavy atom. The largest absolute Gasteiger partial charge is 0.352 e. The summed E-state index contributed by atoms with van der Waals surface area (Å²) in [5.74, 6) is -0.340. The highest BCUT2D eigenvalue weighted by Crippen LogP contribution is 2.61. The predicted molar refractivity (Wildman–Crippen MR) is 62.4 cm³/mol. The van der Waals surface area contributed by atoms with Crippen molar-refractivity contribution < 1.29 is 13.6 Å². The van der Waals surface area contributed by atoms with Crippen molar-refractivity contribution in [1.29, 1.82) is 0 Å². The van der Waals surface area contributed by atoms with Crippen LogP contribution in [0.5, 0.6) is 0 Å². The number of nitrogens with zero attached hydrogens (tertiary/aromatic N) is 1. The average Bonchev–Trinajstić information content (AvgIpc) is 2.70. The van der Waals surface area contributed by atoms with Gasteiger partial charge in [0.05, 0.1) is 0 Å². The summed E-state index contributed by atoms with van der Waals surface area (Å²) in [6, 6.07) is 3.85. The van der Waals surface area contributed by atoms with Crippen molar-refractivity contribution in [1.82, 2.24) is 4.90 Å². The van der Waals surface area contributed by atoms with E-state index in [1.165, 1.54) is 14.2 Å². The summed E-state index contributed by atoms with van der Waals surface area (Å²) in [5, 5.41) is 1.95. The molecule has 1 aromatic rings. The second kappa shape index (κ2) is 5.23. The summed E-state index contributed by atoms with van der Waals surface area (Å²) < 4.78 is 22.4. The second-order valence-corrected chi connectivity index (χ2v) is 6.54. The van der Waals surface area contributed by atoms with Gasteiger partial charge >= 0.3 is 7.60 Å². The summed E-state index contributed by atoms with van der Waals surface area (Å²) in [4.78, 5) is 2.83. The molecular weight excluding hydrogens is 233 g/mol. The van der Waals surface area contributed by atoms with E-state index in [0.29, 0.717) is 0 Å². The molecule has 0 saturated carbocycles. The SMILES string of the molecule is COP(=O)(OC)C(c1cccs1)N(C)C. The monoisotopic (exact) mass is 249 g/mol. The van der Waals surface area contributed by atoms with Gasteiger partial charge in [-0.3, -0.25) is 9.46 Å². The lowest BCUT2D eigenvalue weighted by Gasteiger charge is -2.28. The van der Waals surface area contributed by atoms with Crippen molar-refractivity contribution in [3.63, 3.8) is 0 Å². The lowest BCUT2D eigenvalue weighted by atomic mass is 10.4. The molecule has 0 radical (unpaired) electrons. The van der Waals surface area contributed by atoms with E-state index in [2.05, 4.69) is 0 Å². The molecule has 1 aromatic heterocycles. The van der Waals surface area contributed by atoms with Crippen LogP contribution in [0.4, 0.5) is 0 Å². The molecule has 0 aliphatic rings. The Morgan fingerprint density at radius 2 is 2.00 bits per heavy atom. The fraction of sp³-hybridized carbons (Fsp3) is 0.556. The molecule has 1 unspecified atom stereocenters. The van der Waals surface area contributed by atoms with Crippen molar-refractivity contribution in [2.24, 2.45) is 0 Å². The van der Waals surface area contributed by atoms with Crippen LogP contribution in [0, 0.1) is 0 Å². The van der Waals surface area contributed by atoms with E-state index in [9.17, 15) is 4.57 Å². The minimum absolute atomic E-state index is 0.340. The zero-order valence-electron chi connectivity index (χ0n) is 9.34.